The van der Waals surface area contributed by atoms with Crippen molar-refractivity contribution in [3.63, 3.8) is 0 Å². The van der Waals surface area contributed by atoms with E-state index in [9.17, 15) is 9.59 Å². The van der Waals surface area contributed by atoms with E-state index in [2.05, 4.69) is 18.7 Å². The van der Waals surface area contributed by atoms with Crippen LogP contribution in [0.4, 0.5) is 5.82 Å². The minimum absolute atomic E-state index is 0.104. The maximum Gasteiger partial charge on any atom is 0.236 e. The average molecular weight is 436 g/mol. The molecule has 0 radical (unpaired) electrons. The highest BCUT2D eigenvalue weighted by atomic mass is 16.2. The number of carbonyl (C=O) groups is 2. The Morgan fingerprint density at radius 3 is 2.59 bits per heavy atom. The normalized spacial score (nSPS) is 18.4. The minimum Gasteiger partial charge on any atom is -0.341 e. The quantitative estimate of drug-likeness (QED) is 0.669. The molecular formula is C25H33N5O2. The molecule has 1 aromatic heterocycles. The first-order chi connectivity index (χ1) is 15.5. The summed E-state index contributed by atoms with van der Waals surface area (Å²) in [4.78, 5) is 41.2. The van der Waals surface area contributed by atoms with E-state index in [-0.39, 0.29) is 17.7 Å². The van der Waals surface area contributed by atoms with E-state index < -0.39 is 0 Å². The van der Waals surface area contributed by atoms with E-state index in [0.717, 1.165) is 54.5 Å². The standard InChI is InChI=1S/C25H33N5O2/c1-4-28(5-2)17-23(32)29-14-13-20(16-29)24-26-18(3)21-11-12-22(31)30(25(21)27-24)15-19-9-7-6-8-10-19/h6-10,20H,4-5,11-17H2,1-3H3/t20-/m0/s1. The van der Waals surface area contributed by atoms with Crippen LogP contribution in [0.15, 0.2) is 30.3 Å². The minimum atomic E-state index is 0.104. The molecule has 0 saturated carbocycles. The number of aromatic nitrogens is 2. The van der Waals surface area contributed by atoms with Gasteiger partial charge in [-0.2, -0.15) is 0 Å². The van der Waals surface area contributed by atoms with Gasteiger partial charge in [-0.25, -0.2) is 9.97 Å². The number of anilines is 1. The first-order valence-corrected chi connectivity index (χ1v) is 11.7. The van der Waals surface area contributed by atoms with Crippen molar-refractivity contribution in [2.45, 2.75) is 52.5 Å². The zero-order valence-electron chi connectivity index (χ0n) is 19.4. The molecule has 2 aliphatic heterocycles. The van der Waals surface area contributed by atoms with Crippen LogP contribution in [0.2, 0.25) is 0 Å². The second-order valence-electron chi connectivity index (χ2n) is 8.72. The Bertz CT molecular complexity index is 974. The zero-order valence-corrected chi connectivity index (χ0v) is 19.4. The number of fused-ring (bicyclic) bond motifs is 1. The second kappa shape index (κ2) is 9.77. The summed E-state index contributed by atoms with van der Waals surface area (Å²) in [6.07, 6.45) is 2.03. The lowest BCUT2D eigenvalue weighted by Gasteiger charge is -2.30. The summed E-state index contributed by atoms with van der Waals surface area (Å²) in [5.41, 5.74) is 3.10. The van der Waals surface area contributed by atoms with Crippen LogP contribution >= 0.6 is 0 Å². The lowest BCUT2D eigenvalue weighted by atomic mass is 10.0. The van der Waals surface area contributed by atoms with Crippen molar-refractivity contribution in [2.75, 3.05) is 37.6 Å². The lowest BCUT2D eigenvalue weighted by molar-refractivity contribution is -0.131. The molecule has 0 bridgehead atoms. The van der Waals surface area contributed by atoms with E-state index in [1.54, 1.807) is 0 Å². The van der Waals surface area contributed by atoms with Gasteiger partial charge in [-0.1, -0.05) is 44.2 Å². The molecule has 32 heavy (non-hydrogen) atoms. The molecule has 170 valence electrons. The summed E-state index contributed by atoms with van der Waals surface area (Å²) < 4.78 is 0. The summed E-state index contributed by atoms with van der Waals surface area (Å²) in [7, 11) is 0. The number of carbonyl (C=O) groups excluding carboxylic acids is 2. The third kappa shape index (κ3) is 4.67. The van der Waals surface area contributed by atoms with Gasteiger partial charge in [0.15, 0.2) is 0 Å². The van der Waals surface area contributed by atoms with Gasteiger partial charge < -0.3 is 4.90 Å². The van der Waals surface area contributed by atoms with Crippen molar-refractivity contribution in [2.24, 2.45) is 0 Å². The number of hydrogen-bond donors (Lipinski definition) is 0. The van der Waals surface area contributed by atoms with Gasteiger partial charge in [-0.05, 0) is 38.4 Å². The third-order valence-corrected chi connectivity index (χ3v) is 6.70. The number of aryl methyl sites for hydroxylation is 1. The van der Waals surface area contributed by atoms with Crippen LogP contribution in [-0.4, -0.2) is 64.3 Å². The summed E-state index contributed by atoms with van der Waals surface area (Å²) in [6, 6.07) is 10.0. The Morgan fingerprint density at radius 1 is 1.12 bits per heavy atom. The summed E-state index contributed by atoms with van der Waals surface area (Å²) in [6.45, 7) is 10.3. The molecule has 1 atom stereocenters. The van der Waals surface area contributed by atoms with E-state index >= 15 is 0 Å². The van der Waals surface area contributed by atoms with Gasteiger partial charge in [0.05, 0.1) is 13.1 Å². The first-order valence-electron chi connectivity index (χ1n) is 11.7. The number of likely N-dealkylation sites (N-methyl/N-ethyl adjacent to an activating group) is 1. The fraction of sp³-hybridized carbons (Fsp3) is 0.520. The Labute approximate surface area is 190 Å². The molecular weight excluding hydrogens is 402 g/mol. The highest BCUT2D eigenvalue weighted by molar-refractivity contribution is 5.95. The van der Waals surface area contributed by atoms with E-state index in [1.807, 2.05) is 47.1 Å². The summed E-state index contributed by atoms with van der Waals surface area (Å²) in [5, 5.41) is 0. The number of hydrogen-bond acceptors (Lipinski definition) is 5. The van der Waals surface area contributed by atoms with E-state index in [4.69, 9.17) is 9.97 Å². The lowest BCUT2D eigenvalue weighted by Crippen LogP contribution is -2.39. The van der Waals surface area contributed by atoms with Gasteiger partial charge >= 0.3 is 0 Å². The number of likely N-dealkylation sites (tertiary alicyclic amines) is 1. The maximum atomic E-state index is 12.8. The van der Waals surface area contributed by atoms with Crippen LogP contribution in [0.5, 0.6) is 0 Å². The maximum absolute atomic E-state index is 12.8. The number of nitrogens with zero attached hydrogens (tertiary/aromatic N) is 5. The summed E-state index contributed by atoms with van der Waals surface area (Å²) >= 11 is 0. The van der Waals surface area contributed by atoms with Crippen molar-refractivity contribution in [3.8, 4) is 0 Å². The molecule has 1 saturated heterocycles. The van der Waals surface area contributed by atoms with Crippen molar-refractivity contribution >= 4 is 17.6 Å². The zero-order chi connectivity index (χ0) is 22.7. The molecule has 0 aliphatic carbocycles. The van der Waals surface area contributed by atoms with Crippen LogP contribution in [0.25, 0.3) is 0 Å². The molecule has 2 amide bonds. The topological polar surface area (TPSA) is 69.6 Å². The molecule has 2 aliphatic rings. The van der Waals surface area contributed by atoms with Gasteiger partial charge in [0.1, 0.15) is 11.6 Å². The number of benzene rings is 1. The first kappa shape index (κ1) is 22.4. The summed E-state index contributed by atoms with van der Waals surface area (Å²) in [5.74, 6) is 1.89. The van der Waals surface area contributed by atoms with Crippen LogP contribution in [-0.2, 0) is 22.6 Å². The van der Waals surface area contributed by atoms with Crippen LogP contribution in [0.1, 0.15) is 55.3 Å². The van der Waals surface area contributed by atoms with Gasteiger partial charge in [0.2, 0.25) is 11.8 Å². The molecule has 1 aromatic carbocycles. The molecule has 2 aromatic rings. The smallest absolute Gasteiger partial charge is 0.236 e. The number of rotatable bonds is 7. The Balaban J connectivity index is 1.55. The second-order valence-corrected chi connectivity index (χ2v) is 8.72. The Morgan fingerprint density at radius 2 is 1.88 bits per heavy atom. The molecule has 1 fully saturated rings. The number of amides is 2. The molecule has 7 nitrogen and oxygen atoms in total. The molecule has 0 spiro atoms. The van der Waals surface area contributed by atoms with Crippen molar-refractivity contribution in [1.82, 2.24) is 19.8 Å². The highest BCUT2D eigenvalue weighted by Crippen LogP contribution is 2.33. The van der Waals surface area contributed by atoms with Crippen LogP contribution < -0.4 is 4.90 Å². The monoisotopic (exact) mass is 435 g/mol. The average Bonchev–Trinajstić information content (AvgIpc) is 3.30. The Hall–Kier alpha value is -2.80. The van der Waals surface area contributed by atoms with Gasteiger partial charge in [-0.3, -0.25) is 19.4 Å². The van der Waals surface area contributed by atoms with Gasteiger partial charge in [0.25, 0.3) is 0 Å². The predicted octanol–water partition coefficient (Wildman–Crippen LogP) is 2.92. The Kier molecular flexibility index (Phi) is 6.84. The molecule has 3 heterocycles. The van der Waals surface area contributed by atoms with Crippen molar-refractivity contribution in [3.05, 3.63) is 53.0 Å². The largest absolute Gasteiger partial charge is 0.341 e. The van der Waals surface area contributed by atoms with Crippen LogP contribution in [0, 0.1) is 6.92 Å². The van der Waals surface area contributed by atoms with Gasteiger partial charge in [0, 0.05) is 36.7 Å². The fourth-order valence-electron chi connectivity index (χ4n) is 4.65. The van der Waals surface area contributed by atoms with E-state index in [0.29, 0.717) is 32.5 Å². The fourth-order valence-corrected chi connectivity index (χ4v) is 4.65. The molecule has 7 heteroatoms. The predicted molar refractivity (Wildman–Crippen MR) is 124 cm³/mol. The van der Waals surface area contributed by atoms with E-state index in [1.165, 1.54) is 0 Å². The third-order valence-electron chi connectivity index (χ3n) is 6.70. The SMILES string of the molecule is CCN(CC)CC(=O)N1CC[C@H](c2nc(C)c3c(n2)N(Cc2ccccc2)C(=O)CC3)C1. The van der Waals surface area contributed by atoms with Crippen LogP contribution in [0.3, 0.4) is 0 Å². The van der Waals surface area contributed by atoms with Gasteiger partial charge in [-0.15, -0.1) is 0 Å². The molecule has 0 unspecified atom stereocenters. The molecule has 4 rings (SSSR count). The molecule has 0 N–H and O–H groups in total. The van der Waals surface area contributed by atoms with Crippen molar-refractivity contribution < 1.29 is 9.59 Å². The highest BCUT2D eigenvalue weighted by Gasteiger charge is 2.33. The van der Waals surface area contributed by atoms with Crippen molar-refractivity contribution in [1.29, 1.82) is 0 Å².